The number of thioether (sulfide) groups is 1. The number of carbonyl (C=O) groups is 1. The zero-order valence-electron chi connectivity index (χ0n) is 9.48. The topological polar surface area (TPSA) is 75.3 Å². The number of benzene rings is 1. The van der Waals surface area contributed by atoms with Gasteiger partial charge in [0.2, 0.25) is 0 Å². The fraction of sp³-hybridized carbons (Fsp3) is 0.417. The van der Waals surface area contributed by atoms with Gasteiger partial charge >= 0.3 is 0 Å². The number of amides is 1. The lowest BCUT2D eigenvalue weighted by Gasteiger charge is -2.22. The van der Waals surface area contributed by atoms with Crippen LogP contribution >= 0.6 is 11.8 Å². The van der Waals surface area contributed by atoms with Crippen LogP contribution in [0.3, 0.4) is 0 Å². The van der Waals surface area contributed by atoms with Crippen LogP contribution in [0.1, 0.15) is 23.2 Å². The first-order valence-electron chi connectivity index (χ1n) is 5.64. The maximum Gasteiger partial charge on any atom is 0.253 e. The molecule has 0 spiro atoms. The molecule has 1 aliphatic rings. The van der Waals surface area contributed by atoms with E-state index in [9.17, 15) is 9.90 Å². The molecule has 0 aliphatic carbocycles. The van der Waals surface area contributed by atoms with E-state index in [1.165, 1.54) is 17.9 Å². The highest BCUT2D eigenvalue weighted by molar-refractivity contribution is 7.99. The highest BCUT2D eigenvalue weighted by atomic mass is 32.2. The van der Waals surface area contributed by atoms with Gasteiger partial charge in [0.05, 0.1) is 5.56 Å². The summed E-state index contributed by atoms with van der Waals surface area (Å²) in [5.41, 5.74) is 6.46. The first-order valence-corrected chi connectivity index (χ1v) is 6.79. The van der Waals surface area contributed by atoms with Crippen molar-refractivity contribution in [2.45, 2.75) is 18.9 Å². The van der Waals surface area contributed by atoms with E-state index in [1.54, 1.807) is 6.07 Å². The van der Waals surface area contributed by atoms with Crippen LogP contribution < -0.4 is 11.1 Å². The Balaban J connectivity index is 2.05. The second-order valence-corrected chi connectivity index (χ2v) is 5.31. The summed E-state index contributed by atoms with van der Waals surface area (Å²) in [6.45, 7) is 0. The summed E-state index contributed by atoms with van der Waals surface area (Å²) in [4.78, 5) is 12.0. The van der Waals surface area contributed by atoms with Gasteiger partial charge in [-0.1, -0.05) is 0 Å². The Morgan fingerprint density at radius 3 is 3.06 bits per heavy atom. The molecule has 1 unspecified atom stereocenters. The Morgan fingerprint density at radius 2 is 2.35 bits per heavy atom. The molecule has 0 bridgehead atoms. The van der Waals surface area contributed by atoms with E-state index < -0.39 is 0 Å². The molecule has 1 saturated heterocycles. The molecule has 0 aromatic heterocycles. The molecule has 1 aromatic rings. The van der Waals surface area contributed by atoms with Crippen LogP contribution in [0.2, 0.25) is 0 Å². The number of rotatable bonds is 2. The number of nitrogens with one attached hydrogen (secondary N) is 1. The number of anilines is 1. The van der Waals surface area contributed by atoms with Crippen LogP contribution in [-0.2, 0) is 0 Å². The molecule has 1 amide bonds. The lowest BCUT2D eigenvalue weighted by Crippen LogP contribution is -2.38. The minimum absolute atomic E-state index is 0.0577. The number of phenolic OH excluding ortho intramolecular Hbond substituents is 1. The molecule has 92 valence electrons. The van der Waals surface area contributed by atoms with E-state index in [0.717, 1.165) is 18.6 Å². The number of hydrogen-bond donors (Lipinski definition) is 3. The van der Waals surface area contributed by atoms with Crippen molar-refractivity contribution in [2.75, 3.05) is 17.2 Å². The van der Waals surface area contributed by atoms with E-state index in [4.69, 9.17) is 5.73 Å². The fourth-order valence-electron chi connectivity index (χ4n) is 1.86. The molecule has 0 radical (unpaired) electrons. The van der Waals surface area contributed by atoms with Gasteiger partial charge in [-0.3, -0.25) is 4.79 Å². The molecule has 1 fully saturated rings. The summed E-state index contributed by atoms with van der Waals surface area (Å²) in [6.07, 6.45) is 2.14. The van der Waals surface area contributed by atoms with Gasteiger partial charge in [0.15, 0.2) is 0 Å². The molecule has 4 nitrogen and oxygen atoms in total. The van der Waals surface area contributed by atoms with Crippen molar-refractivity contribution in [3.05, 3.63) is 23.8 Å². The molecule has 1 heterocycles. The summed E-state index contributed by atoms with van der Waals surface area (Å²) in [7, 11) is 0. The van der Waals surface area contributed by atoms with Gasteiger partial charge in [0.25, 0.3) is 5.91 Å². The third kappa shape index (κ3) is 3.06. The van der Waals surface area contributed by atoms with Crippen LogP contribution in [-0.4, -0.2) is 28.6 Å². The van der Waals surface area contributed by atoms with Crippen molar-refractivity contribution < 1.29 is 9.90 Å². The highest BCUT2D eigenvalue weighted by Gasteiger charge is 2.18. The van der Waals surface area contributed by atoms with E-state index in [-0.39, 0.29) is 17.7 Å². The van der Waals surface area contributed by atoms with Crippen molar-refractivity contribution >= 4 is 23.4 Å². The number of nitrogens with two attached hydrogens (primary N) is 1. The predicted octanol–water partition coefficient (Wildman–Crippen LogP) is 1.60. The molecule has 1 atom stereocenters. The largest absolute Gasteiger partial charge is 0.508 e. The molecular formula is C12H16N2O2S. The van der Waals surface area contributed by atoms with Gasteiger partial charge < -0.3 is 16.2 Å². The first kappa shape index (κ1) is 12.1. The third-order valence-corrected chi connectivity index (χ3v) is 3.99. The third-order valence-electron chi connectivity index (χ3n) is 2.78. The molecule has 5 heteroatoms. The van der Waals surface area contributed by atoms with Crippen LogP contribution in [0.4, 0.5) is 5.69 Å². The Labute approximate surface area is 105 Å². The van der Waals surface area contributed by atoms with Gasteiger partial charge in [0, 0.05) is 17.5 Å². The van der Waals surface area contributed by atoms with Crippen molar-refractivity contribution in [1.82, 2.24) is 5.32 Å². The smallest absolute Gasteiger partial charge is 0.253 e. The Kier molecular flexibility index (Phi) is 3.78. The van der Waals surface area contributed by atoms with Gasteiger partial charge in [-0.15, -0.1) is 0 Å². The van der Waals surface area contributed by atoms with Crippen LogP contribution in [0.25, 0.3) is 0 Å². The lowest BCUT2D eigenvalue weighted by molar-refractivity contribution is 0.0939. The van der Waals surface area contributed by atoms with E-state index in [0.29, 0.717) is 11.3 Å². The molecule has 17 heavy (non-hydrogen) atoms. The average Bonchev–Trinajstić information content (AvgIpc) is 2.33. The van der Waals surface area contributed by atoms with Gasteiger partial charge in [-0.2, -0.15) is 11.8 Å². The standard InChI is InChI=1S/C12H16N2O2S/c13-11-4-3-9(15)6-10(11)12(16)14-8-2-1-5-17-7-8/h3-4,6,8,15H,1-2,5,7,13H2,(H,14,16). The molecule has 4 N–H and O–H groups in total. The summed E-state index contributed by atoms with van der Waals surface area (Å²) >= 11 is 1.85. The molecule has 2 rings (SSSR count). The summed E-state index contributed by atoms with van der Waals surface area (Å²) in [5, 5.41) is 12.3. The van der Waals surface area contributed by atoms with Gasteiger partial charge in [-0.25, -0.2) is 0 Å². The quantitative estimate of drug-likeness (QED) is 0.552. The number of hydrogen-bond acceptors (Lipinski definition) is 4. The summed E-state index contributed by atoms with van der Waals surface area (Å²) in [6, 6.07) is 4.63. The maximum atomic E-state index is 12.0. The average molecular weight is 252 g/mol. The van der Waals surface area contributed by atoms with E-state index in [2.05, 4.69) is 5.32 Å². The van der Waals surface area contributed by atoms with Gasteiger partial charge in [-0.05, 0) is 36.8 Å². The molecule has 0 saturated carbocycles. The van der Waals surface area contributed by atoms with E-state index >= 15 is 0 Å². The summed E-state index contributed by atoms with van der Waals surface area (Å²) in [5.74, 6) is 1.97. The minimum atomic E-state index is -0.203. The SMILES string of the molecule is Nc1ccc(O)cc1C(=O)NC1CCCSC1. The van der Waals surface area contributed by atoms with Crippen LogP contribution in [0.15, 0.2) is 18.2 Å². The Morgan fingerprint density at radius 1 is 1.53 bits per heavy atom. The minimum Gasteiger partial charge on any atom is -0.508 e. The molecule has 1 aliphatic heterocycles. The Hall–Kier alpha value is -1.36. The zero-order chi connectivity index (χ0) is 12.3. The van der Waals surface area contributed by atoms with Crippen molar-refractivity contribution in [2.24, 2.45) is 0 Å². The van der Waals surface area contributed by atoms with Crippen molar-refractivity contribution in [3.8, 4) is 5.75 Å². The monoisotopic (exact) mass is 252 g/mol. The van der Waals surface area contributed by atoms with Crippen LogP contribution in [0.5, 0.6) is 5.75 Å². The number of phenols is 1. The normalized spacial score (nSPS) is 19.9. The van der Waals surface area contributed by atoms with Gasteiger partial charge in [0.1, 0.15) is 5.75 Å². The second kappa shape index (κ2) is 5.31. The number of carbonyl (C=O) groups excluding carboxylic acids is 1. The first-order chi connectivity index (χ1) is 8.16. The molecule has 1 aromatic carbocycles. The van der Waals surface area contributed by atoms with Crippen molar-refractivity contribution in [1.29, 1.82) is 0 Å². The number of aromatic hydroxyl groups is 1. The summed E-state index contributed by atoms with van der Waals surface area (Å²) < 4.78 is 0. The van der Waals surface area contributed by atoms with Crippen LogP contribution in [0, 0.1) is 0 Å². The maximum absolute atomic E-state index is 12.0. The lowest BCUT2D eigenvalue weighted by atomic mass is 10.1. The molecular weight excluding hydrogens is 236 g/mol. The Bertz CT molecular complexity index is 417. The number of nitrogen functional groups attached to an aromatic ring is 1. The van der Waals surface area contributed by atoms with Crippen molar-refractivity contribution in [3.63, 3.8) is 0 Å². The zero-order valence-corrected chi connectivity index (χ0v) is 10.3. The predicted molar refractivity (Wildman–Crippen MR) is 70.3 cm³/mol. The highest BCUT2D eigenvalue weighted by Crippen LogP contribution is 2.20. The van der Waals surface area contributed by atoms with E-state index in [1.807, 2.05) is 11.8 Å². The fourth-order valence-corrected chi connectivity index (χ4v) is 2.93. The second-order valence-electron chi connectivity index (χ2n) is 4.16.